The third-order valence-electron chi connectivity index (χ3n) is 2.59. The molecule has 0 aromatic heterocycles. The van der Waals surface area contributed by atoms with Gasteiger partial charge in [0.15, 0.2) is 0 Å². The lowest BCUT2D eigenvalue weighted by Crippen LogP contribution is -2.12. The highest BCUT2D eigenvalue weighted by Crippen LogP contribution is 2.26. The molecule has 0 spiro atoms. The Morgan fingerprint density at radius 3 is 2.86 bits per heavy atom. The Labute approximate surface area is 86.6 Å². The summed E-state index contributed by atoms with van der Waals surface area (Å²) >= 11 is 0. The summed E-state index contributed by atoms with van der Waals surface area (Å²) in [7, 11) is 0. The maximum atomic E-state index is 5.46. The Morgan fingerprint density at radius 2 is 2.36 bits per heavy atom. The molecule has 0 aliphatic carbocycles. The van der Waals surface area contributed by atoms with Crippen molar-refractivity contribution in [2.24, 2.45) is 17.6 Å². The van der Waals surface area contributed by atoms with Crippen LogP contribution in [0, 0.1) is 11.8 Å². The van der Waals surface area contributed by atoms with Crippen molar-refractivity contribution in [2.45, 2.75) is 27.2 Å². The van der Waals surface area contributed by atoms with Crippen molar-refractivity contribution in [2.75, 3.05) is 0 Å². The van der Waals surface area contributed by atoms with Gasteiger partial charge in [0.05, 0.1) is 0 Å². The van der Waals surface area contributed by atoms with E-state index in [9.17, 15) is 0 Å². The third-order valence-corrected chi connectivity index (χ3v) is 2.59. The lowest BCUT2D eigenvalue weighted by atomic mass is 9.93. The summed E-state index contributed by atoms with van der Waals surface area (Å²) in [6.45, 7) is 6.58. The number of nitrogens with two attached hydrogens (primary N) is 1. The zero-order valence-corrected chi connectivity index (χ0v) is 9.25. The van der Waals surface area contributed by atoms with Crippen LogP contribution in [0.25, 0.3) is 0 Å². The summed E-state index contributed by atoms with van der Waals surface area (Å²) < 4.78 is 0. The molecule has 2 nitrogen and oxygen atoms in total. The van der Waals surface area contributed by atoms with Gasteiger partial charge in [0, 0.05) is 11.6 Å². The van der Waals surface area contributed by atoms with Gasteiger partial charge in [0.2, 0.25) is 0 Å². The van der Waals surface area contributed by atoms with E-state index in [1.807, 2.05) is 12.3 Å². The summed E-state index contributed by atoms with van der Waals surface area (Å²) in [5.41, 5.74) is 8.08. The predicted octanol–water partition coefficient (Wildman–Crippen LogP) is 2.51. The molecule has 1 unspecified atom stereocenters. The molecule has 1 rings (SSSR count). The zero-order valence-electron chi connectivity index (χ0n) is 9.25. The van der Waals surface area contributed by atoms with Crippen LogP contribution in [0.1, 0.15) is 27.2 Å². The molecule has 0 amide bonds. The molecule has 78 valence electrons. The molecule has 0 bridgehead atoms. The molecule has 0 saturated carbocycles. The van der Waals surface area contributed by atoms with Crippen LogP contribution >= 0.6 is 0 Å². The number of hydrogen-bond acceptors (Lipinski definition) is 2. The average Bonchev–Trinajstić information content (AvgIpc) is 2.61. The summed E-state index contributed by atoms with van der Waals surface area (Å²) in [6.07, 6.45) is 8.99. The maximum Gasteiger partial charge on any atom is 0.0252 e. The van der Waals surface area contributed by atoms with Gasteiger partial charge in [0.1, 0.15) is 0 Å². The molecule has 1 atom stereocenters. The lowest BCUT2D eigenvalue weighted by molar-refractivity contribution is 0.677. The SMILES string of the molecule is CCC1C=CN/C1=C(/C=C\N)C(C)C. The Bertz CT molecular complexity index is 272. The highest BCUT2D eigenvalue weighted by atomic mass is 14.9. The van der Waals surface area contributed by atoms with Crippen LogP contribution < -0.4 is 11.1 Å². The van der Waals surface area contributed by atoms with Gasteiger partial charge in [0.25, 0.3) is 0 Å². The fourth-order valence-corrected chi connectivity index (χ4v) is 1.79. The van der Waals surface area contributed by atoms with Crippen LogP contribution in [-0.4, -0.2) is 0 Å². The molecule has 0 aromatic rings. The van der Waals surface area contributed by atoms with Crippen LogP contribution in [0.15, 0.2) is 35.8 Å². The minimum Gasteiger partial charge on any atom is -0.405 e. The second kappa shape index (κ2) is 4.89. The Hall–Kier alpha value is -1.18. The predicted molar refractivity (Wildman–Crippen MR) is 61.2 cm³/mol. The maximum absolute atomic E-state index is 5.46. The standard InChI is InChI=1S/C12H20N2/c1-4-10-6-8-14-12(10)11(5-7-13)9(2)3/h5-10,14H,4,13H2,1-3H3/b7-5-,12-11-. The van der Waals surface area contributed by atoms with E-state index in [1.54, 1.807) is 6.20 Å². The van der Waals surface area contributed by atoms with Crippen LogP contribution in [-0.2, 0) is 0 Å². The van der Waals surface area contributed by atoms with Gasteiger partial charge in [-0.2, -0.15) is 0 Å². The van der Waals surface area contributed by atoms with E-state index in [4.69, 9.17) is 5.73 Å². The second-order valence-electron chi connectivity index (χ2n) is 3.90. The molecule has 0 radical (unpaired) electrons. The molecule has 0 saturated heterocycles. The number of rotatable bonds is 3. The monoisotopic (exact) mass is 192 g/mol. The minimum atomic E-state index is 0.506. The largest absolute Gasteiger partial charge is 0.405 e. The molecule has 1 aliphatic heterocycles. The highest BCUT2D eigenvalue weighted by Gasteiger charge is 2.18. The molecule has 1 heterocycles. The van der Waals surface area contributed by atoms with Crippen molar-refractivity contribution in [1.29, 1.82) is 0 Å². The van der Waals surface area contributed by atoms with Crippen molar-refractivity contribution in [3.05, 3.63) is 35.8 Å². The fourth-order valence-electron chi connectivity index (χ4n) is 1.79. The summed E-state index contributed by atoms with van der Waals surface area (Å²) in [6, 6.07) is 0. The minimum absolute atomic E-state index is 0.506. The van der Waals surface area contributed by atoms with Crippen molar-refractivity contribution in [3.63, 3.8) is 0 Å². The molecule has 0 fully saturated rings. The highest BCUT2D eigenvalue weighted by molar-refractivity contribution is 5.33. The quantitative estimate of drug-likeness (QED) is 0.721. The van der Waals surface area contributed by atoms with E-state index in [2.05, 4.69) is 32.2 Å². The van der Waals surface area contributed by atoms with Crippen molar-refractivity contribution in [3.8, 4) is 0 Å². The first kappa shape index (κ1) is 10.9. The first-order valence-corrected chi connectivity index (χ1v) is 5.26. The van der Waals surface area contributed by atoms with Crippen molar-refractivity contribution >= 4 is 0 Å². The number of allylic oxidation sites excluding steroid dienone is 3. The Morgan fingerprint density at radius 1 is 1.64 bits per heavy atom. The summed E-state index contributed by atoms with van der Waals surface area (Å²) in [4.78, 5) is 0. The van der Waals surface area contributed by atoms with Crippen LogP contribution in [0.5, 0.6) is 0 Å². The number of nitrogens with one attached hydrogen (secondary N) is 1. The third kappa shape index (κ3) is 2.19. The average molecular weight is 192 g/mol. The first-order chi connectivity index (χ1) is 6.70. The second-order valence-corrected chi connectivity index (χ2v) is 3.90. The van der Waals surface area contributed by atoms with Gasteiger partial charge >= 0.3 is 0 Å². The normalized spacial score (nSPS) is 24.7. The van der Waals surface area contributed by atoms with Crippen LogP contribution in [0.2, 0.25) is 0 Å². The van der Waals surface area contributed by atoms with E-state index >= 15 is 0 Å². The van der Waals surface area contributed by atoms with Crippen molar-refractivity contribution < 1.29 is 0 Å². The molecule has 1 aliphatic rings. The smallest absolute Gasteiger partial charge is 0.0252 e. The van der Waals surface area contributed by atoms with Crippen LogP contribution in [0.3, 0.4) is 0 Å². The fraction of sp³-hybridized carbons (Fsp3) is 0.500. The number of hydrogen-bond donors (Lipinski definition) is 2. The molecule has 2 heteroatoms. The van der Waals surface area contributed by atoms with Gasteiger partial charge in [-0.05, 0) is 36.4 Å². The zero-order chi connectivity index (χ0) is 10.6. The molecule has 0 aromatic carbocycles. The van der Waals surface area contributed by atoms with Gasteiger partial charge in [-0.3, -0.25) is 0 Å². The van der Waals surface area contributed by atoms with Gasteiger partial charge < -0.3 is 11.1 Å². The molecule has 3 N–H and O–H groups in total. The summed E-state index contributed by atoms with van der Waals surface area (Å²) in [5, 5.41) is 3.32. The molecular weight excluding hydrogens is 172 g/mol. The lowest BCUT2D eigenvalue weighted by Gasteiger charge is -2.16. The van der Waals surface area contributed by atoms with E-state index in [-0.39, 0.29) is 0 Å². The molecule has 14 heavy (non-hydrogen) atoms. The van der Waals surface area contributed by atoms with Gasteiger partial charge in [-0.1, -0.05) is 26.8 Å². The first-order valence-electron chi connectivity index (χ1n) is 5.26. The topological polar surface area (TPSA) is 38.0 Å². The Kier molecular flexibility index (Phi) is 3.81. The molecular formula is C12H20N2. The van der Waals surface area contributed by atoms with Crippen molar-refractivity contribution in [1.82, 2.24) is 5.32 Å². The van der Waals surface area contributed by atoms with E-state index in [0.29, 0.717) is 11.8 Å². The van der Waals surface area contributed by atoms with Crippen LogP contribution in [0.4, 0.5) is 0 Å². The van der Waals surface area contributed by atoms with Gasteiger partial charge in [-0.25, -0.2) is 0 Å². The van der Waals surface area contributed by atoms with E-state index in [1.165, 1.54) is 11.3 Å². The van der Waals surface area contributed by atoms with E-state index in [0.717, 1.165) is 6.42 Å². The van der Waals surface area contributed by atoms with Gasteiger partial charge in [-0.15, -0.1) is 0 Å². The van der Waals surface area contributed by atoms with E-state index < -0.39 is 0 Å². The Balaban J connectivity index is 2.98. The summed E-state index contributed by atoms with van der Waals surface area (Å²) in [5.74, 6) is 1.04.